The highest BCUT2D eigenvalue weighted by atomic mass is 32.2. The normalized spacial score (nSPS) is 16.2. The van der Waals surface area contributed by atoms with E-state index in [1.807, 2.05) is 0 Å². The third kappa shape index (κ3) is 4.25. The highest BCUT2D eigenvalue weighted by Crippen LogP contribution is 2.28. The molecule has 1 aliphatic rings. The molecule has 1 fully saturated rings. The van der Waals surface area contributed by atoms with Crippen molar-refractivity contribution in [3.63, 3.8) is 0 Å². The predicted octanol–water partition coefficient (Wildman–Crippen LogP) is 1.03. The van der Waals surface area contributed by atoms with Gasteiger partial charge in [0.2, 0.25) is 10.0 Å². The number of sulfonamides is 1. The van der Waals surface area contributed by atoms with Gasteiger partial charge in [0, 0.05) is 38.2 Å². The summed E-state index contributed by atoms with van der Waals surface area (Å²) in [7, 11) is -2.22. The lowest BCUT2D eigenvalue weighted by molar-refractivity contribution is -0.137. The number of nitrogens with zero attached hydrogens (tertiary/aromatic N) is 2. The number of carboxylic acid groups (broad SMARTS) is 1. The topological polar surface area (TPSA) is 95.0 Å². The van der Waals surface area contributed by atoms with Crippen molar-refractivity contribution in [2.75, 3.05) is 38.2 Å². The van der Waals surface area contributed by atoms with Gasteiger partial charge in [0.25, 0.3) is 5.91 Å². The van der Waals surface area contributed by atoms with Crippen LogP contribution in [0.25, 0.3) is 0 Å². The van der Waals surface area contributed by atoms with E-state index in [9.17, 15) is 18.0 Å². The lowest BCUT2D eigenvalue weighted by Crippen LogP contribution is -2.38. The lowest BCUT2D eigenvalue weighted by Gasteiger charge is -2.26. The number of aliphatic carboxylic acids is 1. The molecule has 2 rings (SSSR count). The molecule has 1 N–H and O–H groups in total. The third-order valence-corrected chi connectivity index (χ3v) is 7.33. The van der Waals surface area contributed by atoms with Crippen LogP contribution in [0.5, 0.6) is 0 Å². The van der Waals surface area contributed by atoms with E-state index < -0.39 is 21.9 Å². The lowest BCUT2D eigenvalue weighted by atomic mass is 10.3. The number of thiophene rings is 1. The van der Waals surface area contributed by atoms with Crippen LogP contribution in [0.15, 0.2) is 16.3 Å². The molecule has 0 aromatic carbocycles. The van der Waals surface area contributed by atoms with Gasteiger partial charge in [-0.05, 0) is 11.4 Å². The van der Waals surface area contributed by atoms with Gasteiger partial charge in [0.15, 0.2) is 0 Å². The molecular formula is C13H18N2O5S3. The van der Waals surface area contributed by atoms with E-state index in [-0.39, 0.29) is 22.7 Å². The van der Waals surface area contributed by atoms with Crippen molar-refractivity contribution in [2.24, 2.45) is 0 Å². The molecule has 0 radical (unpaired) electrons. The Morgan fingerprint density at radius 3 is 2.61 bits per heavy atom. The monoisotopic (exact) mass is 378 g/mol. The van der Waals surface area contributed by atoms with Crippen LogP contribution in [0.1, 0.15) is 16.1 Å². The zero-order valence-corrected chi connectivity index (χ0v) is 15.0. The van der Waals surface area contributed by atoms with Crippen molar-refractivity contribution in [1.29, 1.82) is 0 Å². The molecule has 1 aliphatic heterocycles. The summed E-state index contributed by atoms with van der Waals surface area (Å²) in [5.74, 6) is 0.0109. The summed E-state index contributed by atoms with van der Waals surface area (Å²) >= 11 is 2.76. The molecule has 0 aliphatic carbocycles. The van der Waals surface area contributed by atoms with E-state index in [2.05, 4.69) is 0 Å². The molecule has 1 aromatic heterocycles. The largest absolute Gasteiger partial charge is 0.481 e. The fourth-order valence-electron chi connectivity index (χ4n) is 2.12. The maximum absolute atomic E-state index is 12.7. The molecule has 1 amide bonds. The highest BCUT2D eigenvalue weighted by molar-refractivity contribution is 7.99. The molecule has 2 heterocycles. The summed E-state index contributed by atoms with van der Waals surface area (Å²) in [6.45, 7) is 0.905. The number of rotatable bonds is 6. The van der Waals surface area contributed by atoms with Gasteiger partial charge in [-0.3, -0.25) is 9.59 Å². The van der Waals surface area contributed by atoms with Gasteiger partial charge >= 0.3 is 5.97 Å². The number of carbonyl (C=O) groups is 2. The quantitative estimate of drug-likeness (QED) is 0.794. The summed E-state index contributed by atoms with van der Waals surface area (Å²) in [5, 5.41) is 10.3. The fraction of sp³-hybridized carbons (Fsp3) is 0.538. The van der Waals surface area contributed by atoms with E-state index in [1.165, 1.54) is 22.3 Å². The first-order valence-corrected chi connectivity index (χ1v) is 10.4. The van der Waals surface area contributed by atoms with Gasteiger partial charge in [0.05, 0.1) is 6.42 Å². The minimum absolute atomic E-state index is 0.0153. The van der Waals surface area contributed by atoms with Gasteiger partial charge in [-0.2, -0.15) is 16.1 Å². The van der Waals surface area contributed by atoms with Gasteiger partial charge in [0.1, 0.15) is 9.77 Å². The Balaban J connectivity index is 2.21. The number of amides is 1. The molecule has 0 atom stereocenters. The number of hydrogen-bond acceptors (Lipinski definition) is 6. The van der Waals surface area contributed by atoms with Gasteiger partial charge in [-0.1, -0.05) is 0 Å². The Bertz CT molecular complexity index is 680. The standard InChI is InChI=1S/C13H18N2O5S3/c1-14(4-2-11(16)17)13(18)12-10(3-7-22-12)23(19,20)15-5-8-21-9-6-15/h3,7H,2,4-6,8-9H2,1H3,(H,16,17). The molecule has 10 heteroatoms. The van der Waals surface area contributed by atoms with Crippen molar-refractivity contribution in [1.82, 2.24) is 9.21 Å². The molecule has 1 aromatic rings. The summed E-state index contributed by atoms with van der Waals surface area (Å²) in [6.07, 6.45) is -0.182. The van der Waals surface area contributed by atoms with Crippen molar-refractivity contribution in [3.8, 4) is 0 Å². The number of carboxylic acids is 1. The van der Waals surface area contributed by atoms with Crippen LogP contribution < -0.4 is 0 Å². The summed E-state index contributed by atoms with van der Waals surface area (Å²) in [6, 6.07) is 1.44. The van der Waals surface area contributed by atoms with Gasteiger partial charge in [-0.15, -0.1) is 11.3 Å². The zero-order valence-electron chi connectivity index (χ0n) is 12.6. The molecule has 128 valence electrons. The number of hydrogen-bond donors (Lipinski definition) is 1. The molecular weight excluding hydrogens is 360 g/mol. The van der Waals surface area contributed by atoms with Crippen LogP contribution in [0, 0.1) is 0 Å². The number of thioether (sulfide) groups is 1. The van der Waals surface area contributed by atoms with Crippen LogP contribution in [-0.2, 0) is 14.8 Å². The van der Waals surface area contributed by atoms with E-state index in [4.69, 9.17) is 5.11 Å². The predicted molar refractivity (Wildman–Crippen MR) is 89.6 cm³/mol. The average molecular weight is 378 g/mol. The second kappa shape index (κ2) is 7.65. The maximum Gasteiger partial charge on any atom is 0.305 e. The molecule has 0 bridgehead atoms. The second-order valence-electron chi connectivity index (χ2n) is 5.00. The van der Waals surface area contributed by atoms with E-state index >= 15 is 0 Å². The molecule has 0 saturated carbocycles. The minimum atomic E-state index is -3.69. The first-order valence-electron chi connectivity index (χ1n) is 6.96. The summed E-state index contributed by atoms with van der Waals surface area (Å²) < 4.78 is 26.8. The Labute approximate surface area is 143 Å². The Kier molecular flexibility index (Phi) is 6.06. The Morgan fingerprint density at radius 1 is 1.35 bits per heavy atom. The van der Waals surface area contributed by atoms with Crippen LogP contribution in [0.4, 0.5) is 0 Å². The molecule has 1 saturated heterocycles. The third-order valence-electron chi connectivity index (χ3n) is 3.42. The Hall–Kier alpha value is -1.10. The van der Waals surface area contributed by atoms with E-state index in [0.717, 1.165) is 22.8 Å². The second-order valence-corrected chi connectivity index (χ2v) is 9.05. The van der Waals surface area contributed by atoms with Crippen molar-refractivity contribution >= 4 is 45.0 Å². The van der Waals surface area contributed by atoms with Crippen molar-refractivity contribution in [2.45, 2.75) is 11.3 Å². The minimum Gasteiger partial charge on any atom is -0.481 e. The molecule has 0 unspecified atom stereocenters. The van der Waals surface area contributed by atoms with Gasteiger partial charge in [-0.25, -0.2) is 8.42 Å². The fourth-order valence-corrected chi connectivity index (χ4v) is 6.09. The Morgan fingerprint density at radius 2 is 2.00 bits per heavy atom. The van der Waals surface area contributed by atoms with Crippen LogP contribution in [0.2, 0.25) is 0 Å². The summed E-state index contributed by atoms with van der Waals surface area (Å²) in [5.41, 5.74) is 0. The van der Waals surface area contributed by atoms with Crippen molar-refractivity contribution < 1.29 is 23.1 Å². The molecule has 7 nitrogen and oxygen atoms in total. The molecule has 0 spiro atoms. The molecule has 23 heavy (non-hydrogen) atoms. The summed E-state index contributed by atoms with van der Waals surface area (Å²) in [4.78, 5) is 24.4. The van der Waals surface area contributed by atoms with Crippen LogP contribution in [-0.4, -0.2) is 72.8 Å². The van der Waals surface area contributed by atoms with E-state index in [1.54, 1.807) is 17.1 Å². The zero-order chi connectivity index (χ0) is 17.0. The highest BCUT2D eigenvalue weighted by Gasteiger charge is 2.32. The van der Waals surface area contributed by atoms with Crippen LogP contribution >= 0.6 is 23.1 Å². The first kappa shape index (κ1) is 18.2. The van der Waals surface area contributed by atoms with Crippen LogP contribution in [0.3, 0.4) is 0 Å². The SMILES string of the molecule is CN(CCC(=O)O)C(=O)c1sccc1S(=O)(=O)N1CCSCC1. The maximum atomic E-state index is 12.7. The average Bonchev–Trinajstić information content (AvgIpc) is 3.03. The van der Waals surface area contributed by atoms with Gasteiger partial charge < -0.3 is 10.0 Å². The van der Waals surface area contributed by atoms with Crippen molar-refractivity contribution in [3.05, 3.63) is 16.3 Å². The number of carbonyl (C=O) groups excluding carboxylic acids is 1. The first-order chi connectivity index (χ1) is 10.8. The van der Waals surface area contributed by atoms with E-state index in [0.29, 0.717) is 13.1 Å². The smallest absolute Gasteiger partial charge is 0.305 e.